The third-order valence-corrected chi connectivity index (χ3v) is 4.55. The fourth-order valence-corrected chi connectivity index (χ4v) is 2.85. The van der Waals surface area contributed by atoms with E-state index < -0.39 is 0 Å². The summed E-state index contributed by atoms with van der Waals surface area (Å²) in [5.74, 6) is 0.445. The van der Waals surface area contributed by atoms with E-state index in [2.05, 4.69) is 46.5 Å². The maximum Gasteiger partial charge on any atom is 0.257 e. The second kappa shape index (κ2) is 9.13. The number of aryl methyl sites for hydroxylation is 1. The number of anilines is 1. The zero-order chi connectivity index (χ0) is 19.9. The average Bonchev–Trinajstić information content (AvgIpc) is 2.72. The van der Waals surface area contributed by atoms with Gasteiger partial charge in [0.15, 0.2) is 0 Å². The van der Waals surface area contributed by atoms with Crippen LogP contribution in [0.3, 0.4) is 0 Å². The normalized spacial score (nSPS) is 10.7. The lowest BCUT2D eigenvalue weighted by Crippen LogP contribution is -2.36. The Labute approximate surface area is 166 Å². The van der Waals surface area contributed by atoms with Crippen LogP contribution in [-0.2, 0) is 13.1 Å². The smallest absolute Gasteiger partial charge is 0.257 e. The first-order valence-corrected chi connectivity index (χ1v) is 9.49. The van der Waals surface area contributed by atoms with Crippen molar-refractivity contribution in [3.63, 3.8) is 0 Å². The summed E-state index contributed by atoms with van der Waals surface area (Å²) in [7, 11) is 0. The summed E-state index contributed by atoms with van der Waals surface area (Å²) in [4.78, 5) is 23.4. The van der Waals surface area contributed by atoms with E-state index in [0.717, 1.165) is 11.1 Å². The van der Waals surface area contributed by atoms with Crippen LogP contribution in [0.2, 0.25) is 0 Å². The van der Waals surface area contributed by atoms with Crippen molar-refractivity contribution in [3.05, 3.63) is 89.2 Å². The van der Waals surface area contributed by atoms with Gasteiger partial charge in [-0.25, -0.2) is 9.97 Å². The number of rotatable bonds is 7. The first-order valence-electron chi connectivity index (χ1n) is 9.49. The number of hydrogen-bond donors (Lipinski definition) is 1. The second-order valence-electron chi connectivity index (χ2n) is 7.15. The highest BCUT2D eigenvalue weighted by Crippen LogP contribution is 2.13. The Morgan fingerprint density at radius 3 is 2.21 bits per heavy atom. The van der Waals surface area contributed by atoms with Crippen molar-refractivity contribution in [3.8, 4) is 0 Å². The van der Waals surface area contributed by atoms with Crippen LogP contribution in [0, 0.1) is 6.92 Å². The molecule has 0 saturated carbocycles. The zero-order valence-corrected chi connectivity index (χ0v) is 16.6. The molecule has 0 bridgehead atoms. The summed E-state index contributed by atoms with van der Waals surface area (Å²) < 4.78 is 0. The molecule has 1 heterocycles. The molecular formula is C23H26N4O. The first kappa shape index (κ1) is 19.5. The molecule has 0 fully saturated rings. The van der Waals surface area contributed by atoms with Gasteiger partial charge >= 0.3 is 0 Å². The zero-order valence-electron chi connectivity index (χ0n) is 16.6. The monoisotopic (exact) mass is 374 g/mol. The maximum absolute atomic E-state index is 12.9. The molecule has 144 valence electrons. The number of carbonyl (C=O) groups is 1. The summed E-state index contributed by atoms with van der Waals surface area (Å²) in [5.41, 5.74) is 3.98. The average molecular weight is 374 g/mol. The van der Waals surface area contributed by atoms with Crippen LogP contribution in [0.4, 0.5) is 5.95 Å². The first-order chi connectivity index (χ1) is 13.5. The van der Waals surface area contributed by atoms with Crippen LogP contribution in [0.1, 0.15) is 40.9 Å². The van der Waals surface area contributed by atoms with Crippen LogP contribution < -0.4 is 5.32 Å². The molecule has 1 amide bonds. The molecule has 0 aliphatic rings. The molecule has 3 aromatic rings. The van der Waals surface area contributed by atoms with E-state index in [9.17, 15) is 4.79 Å². The molecule has 0 radical (unpaired) electrons. The lowest BCUT2D eigenvalue weighted by atomic mass is 10.1. The van der Waals surface area contributed by atoms with Crippen LogP contribution >= 0.6 is 0 Å². The minimum atomic E-state index is -0.0658. The Morgan fingerprint density at radius 1 is 0.964 bits per heavy atom. The molecule has 2 aromatic carbocycles. The van der Waals surface area contributed by atoms with Crippen LogP contribution in [0.15, 0.2) is 67.0 Å². The van der Waals surface area contributed by atoms with Crippen molar-refractivity contribution in [1.29, 1.82) is 0 Å². The molecule has 5 nitrogen and oxygen atoms in total. The highest BCUT2D eigenvalue weighted by Gasteiger charge is 2.19. The van der Waals surface area contributed by atoms with Gasteiger partial charge in [0.2, 0.25) is 5.95 Å². The van der Waals surface area contributed by atoms with Gasteiger partial charge in [0.05, 0.1) is 5.56 Å². The summed E-state index contributed by atoms with van der Waals surface area (Å²) >= 11 is 0. The van der Waals surface area contributed by atoms with Gasteiger partial charge in [-0.05, 0) is 31.9 Å². The van der Waals surface area contributed by atoms with E-state index in [1.807, 2.05) is 49.1 Å². The fourth-order valence-electron chi connectivity index (χ4n) is 2.85. The molecule has 28 heavy (non-hydrogen) atoms. The van der Waals surface area contributed by atoms with Gasteiger partial charge in [-0.15, -0.1) is 0 Å². The second-order valence-corrected chi connectivity index (χ2v) is 7.15. The van der Waals surface area contributed by atoms with Gasteiger partial charge in [0.25, 0.3) is 5.91 Å². The van der Waals surface area contributed by atoms with Crippen molar-refractivity contribution in [2.24, 2.45) is 0 Å². The Kier molecular flexibility index (Phi) is 6.37. The van der Waals surface area contributed by atoms with Crippen LogP contribution in [0.25, 0.3) is 0 Å². The number of hydrogen-bond acceptors (Lipinski definition) is 4. The van der Waals surface area contributed by atoms with Crippen LogP contribution in [-0.4, -0.2) is 26.8 Å². The van der Waals surface area contributed by atoms with Gasteiger partial charge in [-0.3, -0.25) is 4.79 Å². The molecular weight excluding hydrogens is 348 g/mol. The van der Waals surface area contributed by atoms with Crippen molar-refractivity contribution >= 4 is 11.9 Å². The number of nitrogens with zero attached hydrogens (tertiary/aromatic N) is 3. The number of carbonyl (C=O) groups excluding carboxylic acids is 1. The number of benzene rings is 2. The standard InChI is InChI=1S/C23H26N4O/c1-17(2)27(16-20-7-5-4-6-8-20)22(28)21-14-25-23(26-15-21)24-13-19-11-9-18(3)10-12-19/h4-12,14-15,17H,13,16H2,1-3H3,(H,24,25,26). The number of nitrogens with one attached hydrogen (secondary N) is 1. The van der Waals surface area contributed by atoms with Crippen molar-refractivity contribution in [2.75, 3.05) is 5.32 Å². The lowest BCUT2D eigenvalue weighted by Gasteiger charge is -2.26. The quantitative estimate of drug-likeness (QED) is 0.664. The fraction of sp³-hybridized carbons (Fsp3) is 0.261. The Morgan fingerprint density at radius 2 is 1.61 bits per heavy atom. The van der Waals surface area contributed by atoms with Gasteiger partial charge in [-0.2, -0.15) is 0 Å². The molecule has 1 aromatic heterocycles. The molecule has 1 N–H and O–H groups in total. The Hall–Kier alpha value is -3.21. The number of aromatic nitrogens is 2. The highest BCUT2D eigenvalue weighted by molar-refractivity contribution is 5.93. The van der Waals surface area contributed by atoms with E-state index in [1.54, 1.807) is 12.4 Å². The summed E-state index contributed by atoms with van der Waals surface area (Å²) in [6, 6.07) is 18.4. The largest absolute Gasteiger partial charge is 0.350 e. The maximum atomic E-state index is 12.9. The SMILES string of the molecule is Cc1ccc(CNc2ncc(C(=O)N(Cc3ccccc3)C(C)C)cn2)cc1. The molecule has 0 unspecified atom stereocenters. The van der Waals surface area contributed by atoms with Gasteiger partial charge in [0.1, 0.15) is 0 Å². The predicted molar refractivity (Wildman–Crippen MR) is 112 cm³/mol. The molecule has 0 atom stereocenters. The number of amides is 1. The van der Waals surface area contributed by atoms with E-state index in [1.165, 1.54) is 5.56 Å². The van der Waals surface area contributed by atoms with Gasteiger partial charge in [-0.1, -0.05) is 60.2 Å². The summed E-state index contributed by atoms with van der Waals surface area (Å²) in [6.45, 7) is 7.29. The lowest BCUT2D eigenvalue weighted by molar-refractivity contribution is 0.0689. The third-order valence-electron chi connectivity index (χ3n) is 4.55. The third kappa shape index (κ3) is 5.16. The van der Waals surface area contributed by atoms with Crippen molar-refractivity contribution in [1.82, 2.24) is 14.9 Å². The summed E-state index contributed by atoms with van der Waals surface area (Å²) in [5, 5.41) is 3.19. The van der Waals surface area contributed by atoms with Crippen molar-refractivity contribution < 1.29 is 4.79 Å². The van der Waals surface area contributed by atoms with E-state index in [4.69, 9.17) is 0 Å². The molecule has 0 spiro atoms. The molecule has 0 saturated heterocycles. The minimum absolute atomic E-state index is 0.0658. The Balaban J connectivity index is 1.65. The van der Waals surface area contributed by atoms with Crippen molar-refractivity contribution in [2.45, 2.75) is 39.9 Å². The summed E-state index contributed by atoms with van der Waals surface area (Å²) in [6.07, 6.45) is 3.18. The van der Waals surface area contributed by atoms with Gasteiger partial charge in [0, 0.05) is 31.5 Å². The molecule has 3 rings (SSSR count). The minimum Gasteiger partial charge on any atom is -0.350 e. The van der Waals surface area contributed by atoms with E-state index in [-0.39, 0.29) is 11.9 Å². The van der Waals surface area contributed by atoms with E-state index >= 15 is 0 Å². The molecule has 5 heteroatoms. The topological polar surface area (TPSA) is 58.1 Å². The van der Waals surface area contributed by atoms with Crippen LogP contribution in [0.5, 0.6) is 0 Å². The molecule has 0 aliphatic heterocycles. The van der Waals surface area contributed by atoms with Gasteiger partial charge < -0.3 is 10.2 Å². The van der Waals surface area contributed by atoms with E-state index in [0.29, 0.717) is 24.6 Å². The highest BCUT2D eigenvalue weighted by atomic mass is 16.2. The Bertz CT molecular complexity index is 890. The predicted octanol–water partition coefficient (Wildman–Crippen LogP) is 4.45. The molecule has 0 aliphatic carbocycles.